The Hall–Kier alpha value is -3.80. The summed E-state index contributed by atoms with van der Waals surface area (Å²) in [4.78, 5) is 4.77. The lowest BCUT2D eigenvalue weighted by Gasteiger charge is -2.12. The summed E-state index contributed by atoms with van der Waals surface area (Å²) in [6, 6.07) is 24.4. The fourth-order valence-electron chi connectivity index (χ4n) is 3.37. The molecule has 0 aliphatic rings. The highest BCUT2D eigenvalue weighted by Gasteiger charge is 2.11. The average Bonchev–Trinajstić information content (AvgIpc) is 3.46. The molecule has 6 nitrogen and oxygen atoms in total. The Labute approximate surface area is 182 Å². The van der Waals surface area contributed by atoms with E-state index in [4.69, 9.17) is 9.41 Å². The molecule has 2 aromatic heterocycles. The Kier molecular flexibility index (Phi) is 6.80. The lowest BCUT2D eigenvalue weighted by atomic mass is 10.1. The Morgan fingerprint density at radius 1 is 0.968 bits per heavy atom. The number of nitrogens with zero attached hydrogens (tertiary/aromatic N) is 3. The summed E-state index contributed by atoms with van der Waals surface area (Å²) in [6.45, 7) is 1.96. The highest BCUT2D eigenvalue weighted by molar-refractivity contribution is 5.80. The molecule has 2 aromatic carbocycles. The van der Waals surface area contributed by atoms with E-state index in [1.165, 1.54) is 5.56 Å². The third-order valence-corrected chi connectivity index (χ3v) is 4.90. The molecule has 0 atom stereocenters. The minimum atomic E-state index is 0.607. The highest BCUT2D eigenvalue weighted by Crippen LogP contribution is 2.21. The topological polar surface area (TPSA) is 67.4 Å². The van der Waals surface area contributed by atoms with Crippen LogP contribution < -0.4 is 10.6 Å². The number of aliphatic imine (C=N–C) groups is 1. The van der Waals surface area contributed by atoms with Gasteiger partial charge in [-0.3, -0.25) is 4.68 Å². The SMILES string of the molecule is Cn1cc(CNC(=NCc2ccccc2)NCCc2ccco2)c(-c2ccccc2)n1. The van der Waals surface area contributed by atoms with Gasteiger partial charge in [0.2, 0.25) is 0 Å². The second-order valence-electron chi connectivity index (χ2n) is 7.30. The molecule has 158 valence electrons. The van der Waals surface area contributed by atoms with Crippen molar-refractivity contribution < 1.29 is 4.42 Å². The molecule has 0 saturated heterocycles. The number of rotatable bonds is 8. The molecule has 2 heterocycles. The molecule has 31 heavy (non-hydrogen) atoms. The van der Waals surface area contributed by atoms with Crippen molar-refractivity contribution in [3.63, 3.8) is 0 Å². The molecule has 6 heteroatoms. The van der Waals surface area contributed by atoms with Gasteiger partial charge >= 0.3 is 0 Å². The van der Waals surface area contributed by atoms with Crippen LogP contribution in [-0.4, -0.2) is 22.3 Å². The van der Waals surface area contributed by atoms with Crippen LogP contribution in [0.5, 0.6) is 0 Å². The van der Waals surface area contributed by atoms with Crippen molar-refractivity contribution in [1.29, 1.82) is 0 Å². The largest absolute Gasteiger partial charge is 0.469 e. The molecule has 0 spiro atoms. The van der Waals surface area contributed by atoms with Gasteiger partial charge in [0.25, 0.3) is 0 Å². The normalized spacial score (nSPS) is 11.5. The molecule has 0 bridgehead atoms. The maximum atomic E-state index is 5.43. The van der Waals surface area contributed by atoms with Crippen LogP contribution in [0.4, 0.5) is 0 Å². The van der Waals surface area contributed by atoms with Crippen LogP contribution in [0.15, 0.2) is 94.7 Å². The zero-order valence-corrected chi connectivity index (χ0v) is 17.7. The van der Waals surface area contributed by atoms with E-state index in [1.807, 2.05) is 66.5 Å². The van der Waals surface area contributed by atoms with Crippen LogP contribution in [0.3, 0.4) is 0 Å². The minimum absolute atomic E-state index is 0.607. The lowest BCUT2D eigenvalue weighted by molar-refractivity contribution is 0.506. The molecule has 0 saturated carbocycles. The first-order chi connectivity index (χ1) is 15.3. The molecule has 0 fully saturated rings. The molecule has 2 N–H and O–H groups in total. The average molecular weight is 414 g/mol. The van der Waals surface area contributed by atoms with Crippen molar-refractivity contribution in [3.05, 3.63) is 102 Å². The van der Waals surface area contributed by atoms with Gasteiger partial charge in [0.1, 0.15) is 5.76 Å². The summed E-state index contributed by atoms with van der Waals surface area (Å²) >= 11 is 0. The van der Waals surface area contributed by atoms with E-state index < -0.39 is 0 Å². The van der Waals surface area contributed by atoms with Crippen molar-refractivity contribution in [2.24, 2.45) is 12.0 Å². The minimum Gasteiger partial charge on any atom is -0.469 e. The Morgan fingerprint density at radius 2 is 1.74 bits per heavy atom. The molecule has 0 unspecified atom stereocenters. The maximum absolute atomic E-state index is 5.43. The summed E-state index contributed by atoms with van der Waals surface area (Å²) < 4.78 is 7.28. The Bertz CT molecular complexity index is 1090. The zero-order chi connectivity index (χ0) is 21.3. The number of nitrogens with one attached hydrogen (secondary N) is 2. The van der Waals surface area contributed by atoms with Gasteiger partial charge in [-0.2, -0.15) is 5.10 Å². The third-order valence-electron chi connectivity index (χ3n) is 4.90. The van der Waals surface area contributed by atoms with Crippen LogP contribution >= 0.6 is 0 Å². The number of hydrogen-bond acceptors (Lipinski definition) is 3. The van der Waals surface area contributed by atoms with Gasteiger partial charge in [0, 0.05) is 43.9 Å². The lowest BCUT2D eigenvalue weighted by Crippen LogP contribution is -2.38. The molecule has 4 rings (SSSR count). The predicted molar refractivity (Wildman–Crippen MR) is 123 cm³/mol. The van der Waals surface area contributed by atoms with Crippen LogP contribution in [0, 0.1) is 0 Å². The zero-order valence-electron chi connectivity index (χ0n) is 17.7. The predicted octanol–water partition coefficient (Wildman–Crippen LogP) is 4.16. The fraction of sp³-hybridized carbons (Fsp3) is 0.200. The van der Waals surface area contributed by atoms with Gasteiger partial charge in [-0.05, 0) is 17.7 Å². The summed E-state index contributed by atoms with van der Waals surface area (Å²) in [7, 11) is 1.95. The number of aryl methyl sites for hydroxylation is 1. The number of aromatic nitrogens is 2. The van der Waals surface area contributed by atoms with Crippen LogP contribution in [0.25, 0.3) is 11.3 Å². The summed E-state index contributed by atoms with van der Waals surface area (Å²) in [6.07, 6.45) is 4.54. The molecular weight excluding hydrogens is 386 g/mol. The van der Waals surface area contributed by atoms with E-state index >= 15 is 0 Å². The van der Waals surface area contributed by atoms with E-state index in [-0.39, 0.29) is 0 Å². The van der Waals surface area contributed by atoms with Crippen molar-refractivity contribution in [1.82, 2.24) is 20.4 Å². The smallest absolute Gasteiger partial charge is 0.191 e. The van der Waals surface area contributed by atoms with Gasteiger partial charge in [-0.15, -0.1) is 0 Å². The van der Waals surface area contributed by atoms with E-state index in [1.54, 1.807) is 6.26 Å². The van der Waals surface area contributed by atoms with Crippen LogP contribution in [0.2, 0.25) is 0 Å². The van der Waals surface area contributed by atoms with Gasteiger partial charge in [-0.25, -0.2) is 4.99 Å². The first kappa shape index (κ1) is 20.5. The van der Waals surface area contributed by atoms with E-state index in [0.29, 0.717) is 13.1 Å². The molecular formula is C25H27N5O. The van der Waals surface area contributed by atoms with Crippen LogP contribution in [0.1, 0.15) is 16.9 Å². The van der Waals surface area contributed by atoms with Gasteiger partial charge in [0.15, 0.2) is 5.96 Å². The summed E-state index contributed by atoms with van der Waals surface area (Å²) in [5, 5.41) is 11.5. The molecule has 0 aliphatic carbocycles. The third kappa shape index (κ3) is 5.85. The number of furan rings is 1. The van der Waals surface area contributed by atoms with Crippen molar-refractivity contribution in [3.8, 4) is 11.3 Å². The van der Waals surface area contributed by atoms with E-state index in [0.717, 1.165) is 41.5 Å². The second-order valence-corrected chi connectivity index (χ2v) is 7.30. The number of guanidine groups is 1. The first-order valence-corrected chi connectivity index (χ1v) is 10.4. The quantitative estimate of drug-likeness (QED) is 0.336. The fourth-order valence-corrected chi connectivity index (χ4v) is 3.37. The number of benzene rings is 2. The maximum Gasteiger partial charge on any atom is 0.191 e. The molecule has 4 aromatic rings. The van der Waals surface area contributed by atoms with Crippen molar-refractivity contribution in [2.75, 3.05) is 6.54 Å². The monoisotopic (exact) mass is 413 g/mol. The first-order valence-electron chi connectivity index (χ1n) is 10.4. The van der Waals surface area contributed by atoms with Crippen LogP contribution in [-0.2, 0) is 26.6 Å². The van der Waals surface area contributed by atoms with Gasteiger partial charge < -0.3 is 15.1 Å². The molecule has 0 aliphatic heterocycles. The van der Waals surface area contributed by atoms with Crippen molar-refractivity contribution >= 4 is 5.96 Å². The molecule has 0 amide bonds. The van der Waals surface area contributed by atoms with Crippen molar-refractivity contribution in [2.45, 2.75) is 19.5 Å². The summed E-state index contributed by atoms with van der Waals surface area (Å²) in [5.74, 6) is 1.71. The Morgan fingerprint density at radius 3 is 2.48 bits per heavy atom. The standard InChI is InChI=1S/C25H27N5O/c1-30-19-22(24(29-30)21-11-6-3-7-12-21)18-28-25(26-15-14-23-13-8-16-31-23)27-17-20-9-4-2-5-10-20/h2-13,16,19H,14-15,17-18H2,1H3,(H2,26,27,28). The number of hydrogen-bond donors (Lipinski definition) is 2. The van der Waals surface area contributed by atoms with Gasteiger partial charge in [0.05, 0.1) is 18.5 Å². The van der Waals surface area contributed by atoms with Gasteiger partial charge in [-0.1, -0.05) is 60.7 Å². The van der Waals surface area contributed by atoms with E-state index in [2.05, 4.69) is 40.0 Å². The highest BCUT2D eigenvalue weighted by atomic mass is 16.3. The molecule has 0 radical (unpaired) electrons. The van der Waals surface area contributed by atoms with E-state index in [9.17, 15) is 0 Å². The summed E-state index contributed by atoms with van der Waals surface area (Å²) in [5.41, 5.74) is 4.37. The Balaban J connectivity index is 1.45. The second kappa shape index (κ2) is 10.3.